The third kappa shape index (κ3) is 2.79. The van der Waals surface area contributed by atoms with Crippen LogP contribution in [0.4, 0.5) is 20.2 Å². The summed E-state index contributed by atoms with van der Waals surface area (Å²) in [4.78, 5) is 14.0. The highest BCUT2D eigenvalue weighted by molar-refractivity contribution is 5.97. The number of rotatable bonds is 3. The number of amides is 1. The second kappa shape index (κ2) is 6.13. The van der Waals surface area contributed by atoms with Crippen LogP contribution in [0, 0.1) is 11.6 Å². The number of hydrogen-bond acceptors (Lipinski definition) is 2. The first-order chi connectivity index (χ1) is 10.7. The summed E-state index contributed by atoms with van der Waals surface area (Å²) in [6, 6.07) is 11.3. The maximum atomic E-state index is 13.6. The van der Waals surface area contributed by atoms with Crippen molar-refractivity contribution >= 4 is 17.3 Å². The van der Waals surface area contributed by atoms with Crippen LogP contribution in [0.15, 0.2) is 42.5 Å². The summed E-state index contributed by atoms with van der Waals surface area (Å²) in [6.07, 6.45) is 1.83. The van der Waals surface area contributed by atoms with E-state index in [0.29, 0.717) is 6.54 Å². The maximum absolute atomic E-state index is 13.6. The van der Waals surface area contributed by atoms with Gasteiger partial charge in [0.1, 0.15) is 17.3 Å². The molecule has 0 fully saturated rings. The largest absolute Gasteiger partial charge is 0.371 e. The maximum Gasteiger partial charge on any atom is 0.246 e. The Morgan fingerprint density at radius 3 is 2.59 bits per heavy atom. The lowest BCUT2D eigenvalue weighted by molar-refractivity contribution is -0.117. The summed E-state index contributed by atoms with van der Waals surface area (Å²) in [7, 11) is 0. The van der Waals surface area contributed by atoms with Crippen LogP contribution in [0.5, 0.6) is 0 Å². The van der Waals surface area contributed by atoms with E-state index in [1.807, 2.05) is 24.3 Å². The van der Waals surface area contributed by atoms with Crippen LogP contribution in [0.3, 0.4) is 0 Å². The van der Waals surface area contributed by atoms with Gasteiger partial charge in [0.15, 0.2) is 0 Å². The van der Waals surface area contributed by atoms with Crippen molar-refractivity contribution in [2.45, 2.75) is 12.8 Å². The Morgan fingerprint density at radius 1 is 1.09 bits per heavy atom. The molecule has 1 aliphatic heterocycles. The number of fused-ring (bicyclic) bond motifs is 1. The van der Waals surface area contributed by atoms with E-state index in [1.165, 1.54) is 6.07 Å². The van der Waals surface area contributed by atoms with Crippen molar-refractivity contribution in [1.29, 1.82) is 0 Å². The first-order valence-electron chi connectivity index (χ1n) is 7.23. The quantitative estimate of drug-likeness (QED) is 0.943. The number of para-hydroxylation sites is 2. The highest BCUT2D eigenvalue weighted by Crippen LogP contribution is 2.27. The standard InChI is InChI=1S/C17H16F2N2O/c18-13-7-3-8-14(19)17(13)20-11-16(22)21-10-4-6-12-5-1-2-9-15(12)21/h1-3,5,7-9,20H,4,6,10-11H2. The summed E-state index contributed by atoms with van der Waals surface area (Å²) < 4.78 is 27.1. The van der Waals surface area contributed by atoms with E-state index in [0.717, 1.165) is 36.2 Å². The monoisotopic (exact) mass is 302 g/mol. The number of nitrogens with zero attached hydrogens (tertiary/aromatic N) is 1. The first kappa shape index (κ1) is 14.5. The number of nitrogens with one attached hydrogen (secondary N) is 1. The fourth-order valence-corrected chi connectivity index (χ4v) is 2.72. The van der Waals surface area contributed by atoms with E-state index in [1.54, 1.807) is 4.90 Å². The molecule has 0 saturated carbocycles. The average Bonchev–Trinajstić information content (AvgIpc) is 2.53. The van der Waals surface area contributed by atoms with E-state index in [-0.39, 0.29) is 18.1 Å². The van der Waals surface area contributed by atoms with Crippen LogP contribution in [0.2, 0.25) is 0 Å². The molecule has 0 unspecified atom stereocenters. The minimum atomic E-state index is -0.702. The second-order valence-corrected chi connectivity index (χ2v) is 5.23. The summed E-state index contributed by atoms with van der Waals surface area (Å²) in [5.41, 5.74) is 1.75. The molecule has 114 valence electrons. The molecule has 3 rings (SSSR count). The Hall–Kier alpha value is -2.43. The fourth-order valence-electron chi connectivity index (χ4n) is 2.72. The van der Waals surface area contributed by atoms with E-state index >= 15 is 0 Å². The van der Waals surface area contributed by atoms with Crippen LogP contribution in [0.1, 0.15) is 12.0 Å². The zero-order valence-corrected chi connectivity index (χ0v) is 12.0. The van der Waals surface area contributed by atoms with Gasteiger partial charge in [-0.3, -0.25) is 4.79 Å². The van der Waals surface area contributed by atoms with Crippen molar-refractivity contribution < 1.29 is 13.6 Å². The molecule has 0 bridgehead atoms. The lowest BCUT2D eigenvalue weighted by atomic mass is 10.0. The molecule has 3 nitrogen and oxygen atoms in total. The molecule has 0 radical (unpaired) electrons. The Balaban J connectivity index is 1.74. The molecule has 22 heavy (non-hydrogen) atoms. The minimum absolute atomic E-state index is 0.147. The van der Waals surface area contributed by atoms with Crippen molar-refractivity contribution in [2.75, 3.05) is 23.3 Å². The molecule has 0 saturated heterocycles. The predicted octanol–water partition coefficient (Wildman–Crippen LogP) is 3.36. The highest BCUT2D eigenvalue weighted by Gasteiger charge is 2.22. The average molecular weight is 302 g/mol. The number of carbonyl (C=O) groups excluding carboxylic acids is 1. The van der Waals surface area contributed by atoms with E-state index in [2.05, 4.69) is 5.32 Å². The van der Waals surface area contributed by atoms with Crippen molar-refractivity contribution in [3.05, 3.63) is 59.7 Å². The summed E-state index contributed by atoms with van der Waals surface area (Å²) >= 11 is 0. The van der Waals surface area contributed by atoms with Gasteiger partial charge in [-0.15, -0.1) is 0 Å². The van der Waals surface area contributed by atoms with Crippen LogP contribution in [-0.2, 0) is 11.2 Å². The molecular weight excluding hydrogens is 286 g/mol. The topological polar surface area (TPSA) is 32.3 Å². The lowest BCUT2D eigenvalue weighted by Crippen LogP contribution is -2.39. The van der Waals surface area contributed by atoms with Gasteiger partial charge >= 0.3 is 0 Å². The molecule has 0 atom stereocenters. The number of aryl methyl sites for hydroxylation is 1. The Kier molecular flexibility index (Phi) is 4.04. The molecule has 2 aromatic rings. The third-order valence-corrected chi connectivity index (χ3v) is 3.79. The van der Waals surface area contributed by atoms with Crippen LogP contribution in [0.25, 0.3) is 0 Å². The molecule has 2 aromatic carbocycles. The highest BCUT2D eigenvalue weighted by atomic mass is 19.1. The SMILES string of the molecule is O=C(CNc1c(F)cccc1F)N1CCCc2ccccc21. The van der Waals surface area contributed by atoms with Gasteiger partial charge in [-0.1, -0.05) is 24.3 Å². The molecule has 0 spiro atoms. The molecule has 0 aromatic heterocycles. The van der Waals surface area contributed by atoms with Gasteiger partial charge in [0.2, 0.25) is 5.91 Å². The number of halogens is 2. The summed E-state index contributed by atoms with van der Waals surface area (Å²) in [5.74, 6) is -1.60. The second-order valence-electron chi connectivity index (χ2n) is 5.23. The van der Waals surface area contributed by atoms with Crippen LogP contribution >= 0.6 is 0 Å². The third-order valence-electron chi connectivity index (χ3n) is 3.79. The van der Waals surface area contributed by atoms with Crippen molar-refractivity contribution in [1.82, 2.24) is 0 Å². The van der Waals surface area contributed by atoms with E-state index in [4.69, 9.17) is 0 Å². The van der Waals surface area contributed by atoms with Crippen LogP contribution < -0.4 is 10.2 Å². The molecule has 1 N–H and O–H groups in total. The van der Waals surface area contributed by atoms with Crippen molar-refractivity contribution in [2.24, 2.45) is 0 Å². The van der Waals surface area contributed by atoms with Crippen molar-refractivity contribution in [3.8, 4) is 0 Å². The molecule has 1 amide bonds. The lowest BCUT2D eigenvalue weighted by Gasteiger charge is -2.29. The molecule has 0 aliphatic carbocycles. The Bertz CT molecular complexity index is 683. The van der Waals surface area contributed by atoms with Gasteiger partial charge in [-0.25, -0.2) is 8.78 Å². The normalized spacial score (nSPS) is 13.6. The summed E-state index contributed by atoms with van der Waals surface area (Å²) in [6.45, 7) is 0.476. The molecule has 1 heterocycles. The molecular formula is C17H16F2N2O. The smallest absolute Gasteiger partial charge is 0.246 e. The van der Waals surface area contributed by atoms with Crippen LogP contribution in [-0.4, -0.2) is 19.0 Å². The first-order valence-corrected chi connectivity index (χ1v) is 7.23. The van der Waals surface area contributed by atoms with Gasteiger partial charge in [-0.2, -0.15) is 0 Å². The molecule has 5 heteroatoms. The van der Waals surface area contributed by atoms with Gasteiger partial charge in [0, 0.05) is 12.2 Å². The van der Waals surface area contributed by atoms with E-state index in [9.17, 15) is 13.6 Å². The fraction of sp³-hybridized carbons (Fsp3) is 0.235. The van der Waals surface area contributed by atoms with E-state index < -0.39 is 11.6 Å². The minimum Gasteiger partial charge on any atom is -0.371 e. The van der Waals surface area contributed by atoms with Crippen molar-refractivity contribution in [3.63, 3.8) is 0 Å². The zero-order valence-electron chi connectivity index (χ0n) is 12.0. The number of carbonyl (C=O) groups is 1. The summed E-state index contributed by atoms with van der Waals surface area (Å²) in [5, 5.41) is 2.57. The van der Waals surface area contributed by atoms with Gasteiger partial charge in [0.25, 0.3) is 0 Å². The zero-order chi connectivity index (χ0) is 15.5. The van der Waals surface area contributed by atoms with Gasteiger partial charge < -0.3 is 10.2 Å². The Labute approximate surface area is 127 Å². The number of benzene rings is 2. The molecule has 1 aliphatic rings. The number of anilines is 2. The number of hydrogen-bond donors (Lipinski definition) is 1. The van der Waals surface area contributed by atoms with Gasteiger partial charge in [0.05, 0.1) is 6.54 Å². The Morgan fingerprint density at radius 2 is 1.82 bits per heavy atom. The van der Waals surface area contributed by atoms with Gasteiger partial charge in [-0.05, 0) is 36.6 Å². The predicted molar refractivity (Wildman–Crippen MR) is 82.0 cm³/mol.